The number of H-pyrrole nitrogens is 1. The molecule has 5 rings (SSSR count). The van der Waals surface area contributed by atoms with Crippen LogP contribution in [0, 0.1) is 0 Å². The Morgan fingerprint density at radius 1 is 1.17 bits per heavy atom. The lowest BCUT2D eigenvalue weighted by Crippen LogP contribution is -2.39. The number of rotatable bonds is 3. The number of anilines is 1. The Labute approximate surface area is 175 Å². The summed E-state index contributed by atoms with van der Waals surface area (Å²) in [5.41, 5.74) is 3.61. The van der Waals surface area contributed by atoms with E-state index >= 15 is 0 Å². The van der Waals surface area contributed by atoms with Gasteiger partial charge in [-0.15, -0.1) is 0 Å². The minimum Gasteiger partial charge on any atom is -0.342 e. The number of hydrogen-bond donors (Lipinski definition) is 1. The number of carbonyl (C=O) groups is 1. The zero-order valence-corrected chi connectivity index (χ0v) is 17.7. The van der Waals surface area contributed by atoms with Crippen LogP contribution in [-0.2, 0) is 21.2 Å². The fourth-order valence-electron chi connectivity index (χ4n) is 4.56. The summed E-state index contributed by atoms with van der Waals surface area (Å²) in [4.78, 5) is 21.8. The first-order valence-electron chi connectivity index (χ1n) is 10.3. The summed E-state index contributed by atoms with van der Waals surface area (Å²) in [5, 5.41) is 0. The van der Waals surface area contributed by atoms with Gasteiger partial charge in [-0.2, -0.15) is 4.31 Å². The van der Waals surface area contributed by atoms with E-state index in [0.717, 1.165) is 41.0 Å². The molecule has 30 heavy (non-hydrogen) atoms. The Morgan fingerprint density at radius 2 is 2.00 bits per heavy atom. The first-order chi connectivity index (χ1) is 14.4. The van der Waals surface area contributed by atoms with E-state index in [1.54, 1.807) is 27.4 Å². The van der Waals surface area contributed by atoms with Gasteiger partial charge in [-0.25, -0.2) is 13.4 Å². The van der Waals surface area contributed by atoms with Crippen LogP contribution in [0.3, 0.4) is 0 Å². The highest BCUT2D eigenvalue weighted by atomic mass is 32.2. The van der Waals surface area contributed by atoms with Crippen molar-refractivity contribution in [2.75, 3.05) is 24.5 Å². The SMILES string of the molecule is CC(=O)N1CCc2cc(S(=O)(=O)N3CCCC(c4nc5ccccc5[nH]4)C3)ccc21. The number of piperidine rings is 1. The average Bonchev–Trinajstić information content (AvgIpc) is 3.37. The molecule has 0 bridgehead atoms. The number of para-hydroxylation sites is 2. The lowest BCUT2D eigenvalue weighted by molar-refractivity contribution is -0.116. The highest BCUT2D eigenvalue weighted by Crippen LogP contribution is 2.34. The summed E-state index contributed by atoms with van der Waals surface area (Å²) < 4.78 is 28.3. The van der Waals surface area contributed by atoms with E-state index in [0.29, 0.717) is 31.0 Å². The second kappa shape index (κ2) is 7.21. The van der Waals surface area contributed by atoms with Crippen LogP contribution in [0.5, 0.6) is 0 Å². The van der Waals surface area contributed by atoms with Crippen LogP contribution in [0.15, 0.2) is 47.4 Å². The molecule has 1 saturated heterocycles. The summed E-state index contributed by atoms with van der Waals surface area (Å²) in [7, 11) is -3.60. The molecule has 1 atom stereocenters. The van der Waals surface area contributed by atoms with Crippen LogP contribution < -0.4 is 4.90 Å². The maximum Gasteiger partial charge on any atom is 0.243 e. The van der Waals surface area contributed by atoms with E-state index in [4.69, 9.17) is 0 Å². The molecule has 1 aromatic heterocycles. The molecule has 0 radical (unpaired) electrons. The predicted octanol–water partition coefficient (Wildman–Crippen LogP) is 3.04. The predicted molar refractivity (Wildman–Crippen MR) is 115 cm³/mol. The monoisotopic (exact) mass is 424 g/mol. The van der Waals surface area contributed by atoms with Crippen molar-refractivity contribution in [1.82, 2.24) is 14.3 Å². The van der Waals surface area contributed by atoms with Crippen molar-refractivity contribution in [2.45, 2.75) is 37.0 Å². The van der Waals surface area contributed by atoms with E-state index in [2.05, 4.69) is 9.97 Å². The first kappa shape index (κ1) is 19.3. The molecule has 156 valence electrons. The van der Waals surface area contributed by atoms with Gasteiger partial charge < -0.3 is 9.88 Å². The van der Waals surface area contributed by atoms with Gasteiger partial charge in [0.05, 0.1) is 15.9 Å². The Hall–Kier alpha value is -2.71. The molecule has 0 saturated carbocycles. The quantitative estimate of drug-likeness (QED) is 0.700. The van der Waals surface area contributed by atoms with Gasteiger partial charge in [0.15, 0.2) is 0 Å². The lowest BCUT2D eigenvalue weighted by atomic mass is 9.99. The van der Waals surface area contributed by atoms with Crippen molar-refractivity contribution in [3.63, 3.8) is 0 Å². The molecular weight excluding hydrogens is 400 g/mol. The maximum absolute atomic E-state index is 13.4. The largest absolute Gasteiger partial charge is 0.342 e. The maximum atomic E-state index is 13.4. The fourth-order valence-corrected chi connectivity index (χ4v) is 6.14. The number of aromatic nitrogens is 2. The van der Waals surface area contributed by atoms with Crippen LogP contribution >= 0.6 is 0 Å². The van der Waals surface area contributed by atoms with Crippen molar-refractivity contribution in [2.24, 2.45) is 0 Å². The van der Waals surface area contributed by atoms with Gasteiger partial charge in [-0.05, 0) is 55.2 Å². The van der Waals surface area contributed by atoms with Crippen LogP contribution in [0.25, 0.3) is 11.0 Å². The molecule has 0 aliphatic carbocycles. The minimum absolute atomic E-state index is 0.0194. The van der Waals surface area contributed by atoms with Gasteiger partial charge in [-0.3, -0.25) is 4.79 Å². The summed E-state index contributed by atoms with van der Waals surface area (Å²) in [6.07, 6.45) is 2.38. The number of imidazole rings is 1. The third-order valence-corrected chi connectivity index (χ3v) is 8.00. The number of nitrogens with zero attached hydrogens (tertiary/aromatic N) is 3. The van der Waals surface area contributed by atoms with E-state index in [1.165, 1.54) is 6.92 Å². The molecule has 2 aromatic carbocycles. The van der Waals surface area contributed by atoms with Gasteiger partial charge in [0, 0.05) is 38.2 Å². The summed E-state index contributed by atoms with van der Waals surface area (Å²) in [6.45, 7) is 3.06. The topological polar surface area (TPSA) is 86.4 Å². The second-order valence-corrected chi connectivity index (χ2v) is 9.99. The lowest BCUT2D eigenvalue weighted by Gasteiger charge is -2.31. The van der Waals surface area contributed by atoms with Crippen LogP contribution in [0.2, 0.25) is 0 Å². The fraction of sp³-hybridized carbons (Fsp3) is 0.364. The molecule has 3 heterocycles. The van der Waals surface area contributed by atoms with E-state index in [-0.39, 0.29) is 11.8 Å². The molecule has 3 aromatic rings. The van der Waals surface area contributed by atoms with E-state index in [9.17, 15) is 13.2 Å². The van der Waals surface area contributed by atoms with Crippen molar-refractivity contribution in [1.29, 1.82) is 0 Å². The summed E-state index contributed by atoms with van der Waals surface area (Å²) >= 11 is 0. The zero-order valence-electron chi connectivity index (χ0n) is 16.8. The first-order valence-corrected chi connectivity index (χ1v) is 11.7. The number of hydrogen-bond acceptors (Lipinski definition) is 4. The molecule has 2 aliphatic rings. The number of amides is 1. The molecule has 0 spiro atoms. The van der Waals surface area contributed by atoms with E-state index < -0.39 is 10.0 Å². The zero-order chi connectivity index (χ0) is 20.9. The molecule has 1 amide bonds. The van der Waals surface area contributed by atoms with Crippen LogP contribution in [0.1, 0.15) is 37.1 Å². The number of nitrogens with one attached hydrogen (secondary N) is 1. The van der Waals surface area contributed by atoms with Crippen LogP contribution in [0.4, 0.5) is 5.69 Å². The van der Waals surface area contributed by atoms with Gasteiger partial charge in [-0.1, -0.05) is 12.1 Å². The smallest absolute Gasteiger partial charge is 0.243 e. The van der Waals surface area contributed by atoms with Crippen LogP contribution in [-0.4, -0.2) is 48.2 Å². The van der Waals surface area contributed by atoms with Gasteiger partial charge in [0.25, 0.3) is 0 Å². The van der Waals surface area contributed by atoms with Gasteiger partial charge >= 0.3 is 0 Å². The summed E-state index contributed by atoms with van der Waals surface area (Å²) in [5.74, 6) is 0.875. The Morgan fingerprint density at radius 3 is 2.80 bits per heavy atom. The molecule has 1 N–H and O–H groups in total. The minimum atomic E-state index is -3.60. The van der Waals surface area contributed by atoms with Crippen molar-refractivity contribution in [3.05, 3.63) is 53.9 Å². The summed E-state index contributed by atoms with van der Waals surface area (Å²) in [6, 6.07) is 13.0. The second-order valence-electron chi connectivity index (χ2n) is 8.05. The number of sulfonamides is 1. The van der Waals surface area contributed by atoms with Gasteiger partial charge in [0.1, 0.15) is 5.82 Å². The Bertz CT molecular complexity index is 1200. The molecule has 1 fully saturated rings. The normalized spacial score (nSPS) is 19.9. The molecule has 1 unspecified atom stereocenters. The van der Waals surface area contributed by atoms with E-state index in [1.807, 2.05) is 24.3 Å². The van der Waals surface area contributed by atoms with Crippen molar-refractivity contribution < 1.29 is 13.2 Å². The number of carbonyl (C=O) groups excluding carboxylic acids is 1. The average molecular weight is 425 g/mol. The number of fused-ring (bicyclic) bond motifs is 2. The van der Waals surface area contributed by atoms with Crippen molar-refractivity contribution in [3.8, 4) is 0 Å². The Balaban J connectivity index is 1.41. The van der Waals surface area contributed by atoms with Crippen molar-refractivity contribution >= 4 is 32.7 Å². The molecule has 2 aliphatic heterocycles. The number of benzene rings is 2. The highest BCUT2D eigenvalue weighted by molar-refractivity contribution is 7.89. The molecular formula is C22H24N4O3S. The standard InChI is InChI=1S/C22H24N4O3S/c1-15(27)26-12-10-16-13-18(8-9-21(16)26)30(28,29)25-11-4-5-17(14-25)22-23-19-6-2-3-7-20(19)24-22/h2-3,6-9,13,17H,4-5,10-12,14H2,1H3,(H,23,24). The molecule has 8 heteroatoms. The third-order valence-electron chi connectivity index (χ3n) is 6.14. The molecule has 7 nitrogen and oxygen atoms in total. The Kier molecular flexibility index (Phi) is 4.63. The number of aromatic amines is 1. The third kappa shape index (κ3) is 3.20. The highest BCUT2D eigenvalue weighted by Gasteiger charge is 2.33. The van der Waals surface area contributed by atoms with Gasteiger partial charge in [0.2, 0.25) is 15.9 Å².